The molecule has 0 amide bonds. The minimum atomic E-state index is -0.488. The lowest BCUT2D eigenvalue weighted by molar-refractivity contribution is -0.135. The molecule has 62 valence electrons. The maximum atomic E-state index is 11.0. The summed E-state index contributed by atoms with van der Waals surface area (Å²) >= 11 is 0. The molecule has 0 unspecified atom stereocenters. The van der Waals surface area contributed by atoms with Gasteiger partial charge in [-0.1, -0.05) is 12.2 Å². The zero-order valence-corrected chi connectivity index (χ0v) is 6.66. The lowest BCUT2D eigenvalue weighted by Gasteiger charge is -2.06. The van der Waals surface area contributed by atoms with Crippen LogP contribution in [0.5, 0.6) is 0 Å². The molecule has 12 heavy (non-hydrogen) atoms. The molecule has 3 heteroatoms. The lowest BCUT2D eigenvalue weighted by Crippen LogP contribution is -2.08. The van der Waals surface area contributed by atoms with Gasteiger partial charge in [0.25, 0.3) is 0 Å². The summed E-state index contributed by atoms with van der Waals surface area (Å²) in [4.78, 5) is 21.4. The molecule has 0 heterocycles. The van der Waals surface area contributed by atoms with Crippen molar-refractivity contribution in [3.8, 4) is 0 Å². The van der Waals surface area contributed by atoms with Gasteiger partial charge in [0.05, 0.1) is 18.3 Å². The molecule has 0 fully saturated rings. The van der Waals surface area contributed by atoms with Crippen LogP contribution >= 0.6 is 0 Å². The molecule has 3 nitrogen and oxygen atoms in total. The molecule has 0 N–H and O–H groups in total. The van der Waals surface area contributed by atoms with E-state index in [9.17, 15) is 9.59 Å². The Hall–Kier alpha value is -1.60. The van der Waals surface area contributed by atoms with Gasteiger partial charge in [-0.05, 0) is 6.08 Å². The Balaban J connectivity index is 2.99. The fraction of sp³-hybridized carbons (Fsp3) is 0.222. The van der Waals surface area contributed by atoms with Crippen LogP contribution in [0.1, 0.15) is 6.42 Å². The van der Waals surface area contributed by atoms with E-state index in [0.717, 1.165) is 0 Å². The fourth-order valence-electron chi connectivity index (χ4n) is 0.959. The molecule has 0 aromatic rings. The van der Waals surface area contributed by atoms with E-state index in [1.807, 2.05) is 0 Å². The number of ether oxygens (including phenoxy) is 1. The van der Waals surface area contributed by atoms with E-state index >= 15 is 0 Å². The summed E-state index contributed by atoms with van der Waals surface area (Å²) in [5.41, 5.74) is 0.652. The van der Waals surface area contributed by atoms with Crippen LogP contribution in [-0.4, -0.2) is 19.0 Å². The van der Waals surface area contributed by atoms with Crippen LogP contribution in [0.4, 0.5) is 0 Å². The van der Waals surface area contributed by atoms with E-state index in [1.165, 1.54) is 7.11 Å². The first-order valence-electron chi connectivity index (χ1n) is 3.49. The van der Waals surface area contributed by atoms with Gasteiger partial charge in [-0.25, -0.2) is 9.59 Å². The Morgan fingerprint density at radius 1 is 1.67 bits per heavy atom. The Bertz CT molecular complexity index is 304. The summed E-state index contributed by atoms with van der Waals surface area (Å²) < 4.78 is 4.48. The monoisotopic (exact) mass is 164 g/mol. The van der Waals surface area contributed by atoms with E-state index in [2.05, 4.69) is 4.74 Å². The summed E-state index contributed by atoms with van der Waals surface area (Å²) in [5.74, 6) is 1.23. The van der Waals surface area contributed by atoms with Crippen molar-refractivity contribution in [2.24, 2.45) is 0 Å². The van der Waals surface area contributed by atoms with Gasteiger partial charge in [0.2, 0.25) is 0 Å². The van der Waals surface area contributed by atoms with E-state index in [1.54, 1.807) is 24.2 Å². The first kappa shape index (κ1) is 8.50. The van der Waals surface area contributed by atoms with Gasteiger partial charge in [0, 0.05) is 6.42 Å². The molecule has 0 spiro atoms. The van der Waals surface area contributed by atoms with Crippen molar-refractivity contribution in [1.29, 1.82) is 0 Å². The van der Waals surface area contributed by atoms with Crippen LogP contribution in [-0.2, 0) is 14.3 Å². The molecule has 0 atom stereocenters. The second-order valence-corrected chi connectivity index (χ2v) is 2.28. The number of carbonyl (C=O) groups excluding carboxylic acids is 2. The fourth-order valence-corrected chi connectivity index (χ4v) is 0.959. The van der Waals surface area contributed by atoms with Crippen molar-refractivity contribution >= 4 is 11.9 Å². The summed E-state index contributed by atoms with van der Waals surface area (Å²) in [5, 5.41) is 0. The van der Waals surface area contributed by atoms with E-state index < -0.39 is 5.97 Å². The van der Waals surface area contributed by atoms with Gasteiger partial charge < -0.3 is 4.74 Å². The second-order valence-electron chi connectivity index (χ2n) is 2.28. The van der Waals surface area contributed by atoms with Crippen LogP contribution in [0, 0.1) is 0 Å². The first-order chi connectivity index (χ1) is 5.79. The molecule has 1 aliphatic rings. The molecule has 0 saturated carbocycles. The third-order valence-electron chi connectivity index (χ3n) is 1.57. The third-order valence-corrected chi connectivity index (χ3v) is 1.57. The number of carbonyl (C=O) groups is 1. The molecule has 0 aromatic heterocycles. The number of hydrogen-bond acceptors (Lipinski definition) is 3. The van der Waals surface area contributed by atoms with Crippen molar-refractivity contribution in [3.05, 3.63) is 29.4 Å². The summed E-state index contributed by atoms with van der Waals surface area (Å²) in [6.07, 6.45) is 5.50. The molecule has 0 saturated heterocycles. The summed E-state index contributed by atoms with van der Waals surface area (Å²) in [6.45, 7) is 0. The zero-order valence-electron chi connectivity index (χ0n) is 6.66. The van der Waals surface area contributed by atoms with E-state index in [-0.39, 0.29) is 0 Å². The average Bonchev–Trinajstić information content (AvgIpc) is 2.16. The molecule has 1 aliphatic carbocycles. The number of hydrogen-bond donors (Lipinski definition) is 0. The van der Waals surface area contributed by atoms with Crippen LogP contribution in [0.15, 0.2) is 29.4 Å². The first-order valence-corrected chi connectivity index (χ1v) is 3.49. The Morgan fingerprint density at radius 3 is 3.00 bits per heavy atom. The molecule has 1 rings (SSSR count). The zero-order chi connectivity index (χ0) is 8.97. The second kappa shape index (κ2) is 3.69. The standard InChI is InChI=1S/C9H8O3/c1-12-9(11)8-5-3-2-4-7(8)6-10/h2-3,5H,4H2,1H3. The van der Waals surface area contributed by atoms with Crippen molar-refractivity contribution in [1.82, 2.24) is 0 Å². The lowest BCUT2D eigenvalue weighted by atomic mass is 10.00. The molecule has 0 aromatic carbocycles. The topological polar surface area (TPSA) is 43.4 Å². The van der Waals surface area contributed by atoms with Gasteiger partial charge in [0.15, 0.2) is 0 Å². The van der Waals surface area contributed by atoms with Gasteiger partial charge in [-0.3, -0.25) is 0 Å². The minimum Gasteiger partial charge on any atom is -0.465 e. The number of allylic oxidation sites excluding steroid dienone is 3. The smallest absolute Gasteiger partial charge is 0.338 e. The number of rotatable bonds is 1. The van der Waals surface area contributed by atoms with Crippen molar-refractivity contribution in [2.75, 3.05) is 7.11 Å². The van der Waals surface area contributed by atoms with E-state index in [0.29, 0.717) is 17.6 Å². The third kappa shape index (κ3) is 1.52. The Kier molecular flexibility index (Phi) is 2.62. The highest BCUT2D eigenvalue weighted by Crippen LogP contribution is 2.17. The van der Waals surface area contributed by atoms with Crippen molar-refractivity contribution in [2.45, 2.75) is 6.42 Å². The van der Waals surface area contributed by atoms with Crippen molar-refractivity contribution < 1.29 is 14.3 Å². The molecule has 0 bridgehead atoms. The predicted octanol–water partition coefficient (Wildman–Crippen LogP) is 0.804. The van der Waals surface area contributed by atoms with Crippen LogP contribution in [0.2, 0.25) is 0 Å². The molecule has 0 radical (unpaired) electrons. The van der Waals surface area contributed by atoms with E-state index in [4.69, 9.17) is 0 Å². The SMILES string of the molecule is COC(=O)C1=CC=CCC1=C=O. The highest BCUT2D eigenvalue weighted by atomic mass is 16.5. The average molecular weight is 164 g/mol. The number of esters is 1. The molecular formula is C9H8O3. The predicted molar refractivity (Wildman–Crippen MR) is 43.1 cm³/mol. The maximum Gasteiger partial charge on any atom is 0.338 e. The maximum absolute atomic E-state index is 11.0. The van der Waals surface area contributed by atoms with Gasteiger partial charge in [-0.2, -0.15) is 0 Å². The van der Waals surface area contributed by atoms with Crippen LogP contribution < -0.4 is 0 Å². The minimum absolute atomic E-state index is 0.301. The van der Waals surface area contributed by atoms with Crippen LogP contribution in [0.3, 0.4) is 0 Å². The highest BCUT2D eigenvalue weighted by Gasteiger charge is 2.16. The number of methoxy groups -OCH3 is 1. The molecule has 0 aliphatic heterocycles. The molecular weight excluding hydrogens is 156 g/mol. The Morgan fingerprint density at radius 2 is 2.42 bits per heavy atom. The van der Waals surface area contributed by atoms with Crippen LogP contribution in [0.25, 0.3) is 0 Å². The highest BCUT2D eigenvalue weighted by molar-refractivity contribution is 5.97. The normalized spacial score (nSPS) is 15.1. The largest absolute Gasteiger partial charge is 0.465 e. The van der Waals surface area contributed by atoms with Crippen molar-refractivity contribution in [3.63, 3.8) is 0 Å². The summed E-state index contributed by atoms with van der Waals surface area (Å²) in [6, 6.07) is 0. The van der Waals surface area contributed by atoms with Gasteiger partial charge in [-0.15, -0.1) is 0 Å². The quantitative estimate of drug-likeness (QED) is 0.425. The van der Waals surface area contributed by atoms with Gasteiger partial charge >= 0.3 is 5.97 Å². The Labute approximate surface area is 70.0 Å². The van der Waals surface area contributed by atoms with Gasteiger partial charge in [0.1, 0.15) is 5.94 Å². The summed E-state index contributed by atoms with van der Waals surface area (Å²) in [7, 11) is 1.28.